The van der Waals surface area contributed by atoms with E-state index in [1.807, 2.05) is 36.1 Å². The van der Waals surface area contributed by atoms with Crippen LogP contribution in [0.25, 0.3) is 0 Å². The Hall–Kier alpha value is -1.94. The van der Waals surface area contributed by atoms with E-state index in [1.165, 1.54) is 0 Å². The lowest BCUT2D eigenvalue weighted by Crippen LogP contribution is -2.43. The van der Waals surface area contributed by atoms with Gasteiger partial charge in [0.05, 0.1) is 25.8 Å². The summed E-state index contributed by atoms with van der Waals surface area (Å²) >= 11 is 0. The van der Waals surface area contributed by atoms with Crippen LogP contribution in [0.1, 0.15) is 12.0 Å². The number of rotatable bonds is 8. The maximum atomic E-state index is 12.3. The van der Waals surface area contributed by atoms with Crippen LogP contribution in [-0.4, -0.2) is 68.2 Å². The molecule has 0 aromatic heterocycles. The fourth-order valence-electron chi connectivity index (χ4n) is 2.71. The van der Waals surface area contributed by atoms with Crippen molar-refractivity contribution in [2.45, 2.75) is 13.3 Å². The zero-order chi connectivity index (χ0) is 17.2. The van der Waals surface area contributed by atoms with Crippen LogP contribution in [0.2, 0.25) is 0 Å². The Morgan fingerprint density at radius 2 is 2.17 bits per heavy atom. The van der Waals surface area contributed by atoms with E-state index in [4.69, 9.17) is 10.00 Å². The van der Waals surface area contributed by atoms with E-state index in [1.54, 1.807) is 0 Å². The second-order valence-electron chi connectivity index (χ2n) is 6.06. The lowest BCUT2D eigenvalue weighted by molar-refractivity contribution is -0.117. The van der Waals surface area contributed by atoms with Gasteiger partial charge in [-0.15, -0.1) is 0 Å². The molecule has 1 heterocycles. The molecule has 0 bridgehead atoms. The monoisotopic (exact) mass is 330 g/mol. The zero-order valence-electron chi connectivity index (χ0n) is 14.3. The first-order valence-electron chi connectivity index (χ1n) is 8.43. The number of amides is 1. The highest BCUT2D eigenvalue weighted by Gasteiger charge is 2.15. The molecule has 1 saturated heterocycles. The molecule has 24 heavy (non-hydrogen) atoms. The van der Waals surface area contributed by atoms with Crippen LogP contribution in [0.3, 0.4) is 0 Å². The highest BCUT2D eigenvalue weighted by molar-refractivity contribution is 5.92. The molecule has 1 aromatic carbocycles. The van der Waals surface area contributed by atoms with Crippen molar-refractivity contribution in [2.75, 3.05) is 57.8 Å². The van der Waals surface area contributed by atoms with Gasteiger partial charge in [0, 0.05) is 44.8 Å². The van der Waals surface area contributed by atoms with Crippen LogP contribution >= 0.6 is 0 Å². The van der Waals surface area contributed by atoms with Gasteiger partial charge in [0.25, 0.3) is 0 Å². The number of nitrogens with zero attached hydrogens (tertiary/aromatic N) is 3. The van der Waals surface area contributed by atoms with Gasteiger partial charge in [-0.1, -0.05) is 12.1 Å². The predicted molar refractivity (Wildman–Crippen MR) is 93.7 cm³/mol. The fourth-order valence-corrected chi connectivity index (χ4v) is 2.71. The van der Waals surface area contributed by atoms with Crippen molar-refractivity contribution in [1.82, 2.24) is 9.80 Å². The normalized spacial score (nSPS) is 15.2. The SMILES string of the molecule is Cc1cccc(NC(=O)CN(CCC#N)CCN2CCOCC2)c1. The highest BCUT2D eigenvalue weighted by atomic mass is 16.5. The highest BCUT2D eigenvalue weighted by Crippen LogP contribution is 2.09. The summed E-state index contributed by atoms with van der Waals surface area (Å²) < 4.78 is 5.35. The molecular formula is C18H26N4O2. The average Bonchev–Trinajstić information content (AvgIpc) is 2.58. The number of nitrogens with one attached hydrogen (secondary N) is 1. The third-order valence-corrected chi connectivity index (χ3v) is 4.05. The number of anilines is 1. The van der Waals surface area contributed by atoms with Crippen LogP contribution in [0.4, 0.5) is 5.69 Å². The summed E-state index contributed by atoms with van der Waals surface area (Å²) in [6, 6.07) is 9.92. The van der Waals surface area contributed by atoms with E-state index in [0.717, 1.165) is 50.6 Å². The summed E-state index contributed by atoms with van der Waals surface area (Å²) in [5, 5.41) is 11.8. The smallest absolute Gasteiger partial charge is 0.238 e. The molecule has 1 aliphatic rings. The van der Waals surface area contributed by atoms with Gasteiger partial charge in [0.1, 0.15) is 0 Å². The fraction of sp³-hybridized carbons (Fsp3) is 0.556. The number of hydrogen-bond donors (Lipinski definition) is 1. The predicted octanol–water partition coefficient (Wildman–Crippen LogP) is 1.48. The van der Waals surface area contributed by atoms with Gasteiger partial charge in [-0.2, -0.15) is 5.26 Å². The lowest BCUT2D eigenvalue weighted by atomic mass is 10.2. The molecule has 6 heteroatoms. The first-order chi connectivity index (χ1) is 11.7. The molecule has 6 nitrogen and oxygen atoms in total. The van der Waals surface area contributed by atoms with Crippen molar-refractivity contribution < 1.29 is 9.53 Å². The minimum atomic E-state index is -0.0412. The number of carbonyl (C=O) groups is 1. The number of nitriles is 1. The quantitative estimate of drug-likeness (QED) is 0.782. The summed E-state index contributed by atoms with van der Waals surface area (Å²) in [6.45, 7) is 8.00. The summed E-state index contributed by atoms with van der Waals surface area (Å²) in [5.74, 6) is -0.0412. The second kappa shape index (κ2) is 10.0. The van der Waals surface area contributed by atoms with Crippen LogP contribution in [0.15, 0.2) is 24.3 Å². The molecule has 0 saturated carbocycles. The molecule has 1 aromatic rings. The Morgan fingerprint density at radius 1 is 1.38 bits per heavy atom. The molecule has 0 spiro atoms. The van der Waals surface area contributed by atoms with E-state index in [-0.39, 0.29) is 5.91 Å². The third kappa shape index (κ3) is 6.67. The molecule has 1 N–H and O–H groups in total. The minimum Gasteiger partial charge on any atom is -0.379 e. The largest absolute Gasteiger partial charge is 0.379 e. The third-order valence-electron chi connectivity index (χ3n) is 4.05. The molecule has 0 atom stereocenters. The zero-order valence-corrected chi connectivity index (χ0v) is 14.3. The molecule has 0 aliphatic carbocycles. The first-order valence-corrected chi connectivity index (χ1v) is 8.43. The van der Waals surface area contributed by atoms with Crippen molar-refractivity contribution in [3.8, 4) is 6.07 Å². The summed E-state index contributed by atoms with van der Waals surface area (Å²) in [6.07, 6.45) is 0.431. The molecule has 1 amide bonds. The van der Waals surface area contributed by atoms with E-state index in [9.17, 15) is 4.79 Å². The minimum absolute atomic E-state index is 0.0412. The van der Waals surface area contributed by atoms with Crippen LogP contribution < -0.4 is 5.32 Å². The summed E-state index contributed by atoms with van der Waals surface area (Å²) in [5.41, 5.74) is 1.93. The Balaban J connectivity index is 1.82. The van der Waals surface area contributed by atoms with Gasteiger partial charge in [-0.25, -0.2) is 0 Å². The summed E-state index contributed by atoms with van der Waals surface area (Å²) in [4.78, 5) is 16.7. The van der Waals surface area contributed by atoms with Crippen molar-refractivity contribution in [3.63, 3.8) is 0 Å². The van der Waals surface area contributed by atoms with Crippen molar-refractivity contribution >= 4 is 11.6 Å². The molecular weight excluding hydrogens is 304 g/mol. The first kappa shape index (κ1) is 18.4. The molecule has 0 unspecified atom stereocenters. The van der Waals surface area contributed by atoms with E-state index >= 15 is 0 Å². The van der Waals surface area contributed by atoms with Gasteiger partial charge in [0.15, 0.2) is 0 Å². The van der Waals surface area contributed by atoms with Gasteiger partial charge in [-0.05, 0) is 24.6 Å². The molecule has 0 radical (unpaired) electrons. The summed E-state index contributed by atoms with van der Waals surface area (Å²) in [7, 11) is 0. The van der Waals surface area contributed by atoms with Crippen LogP contribution in [-0.2, 0) is 9.53 Å². The number of ether oxygens (including phenoxy) is 1. The average molecular weight is 330 g/mol. The van der Waals surface area contributed by atoms with Gasteiger partial charge < -0.3 is 10.1 Å². The standard InChI is InChI=1S/C18H26N4O2/c1-16-4-2-5-17(14-16)20-18(23)15-22(7-3-6-19)9-8-21-10-12-24-13-11-21/h2,4-5,14H,3,7-13,15H2,1H3,(H,20,23). The Bertz CT molecular complexity index is 564. The van der Waals surface area contributed by atoms with Crippen LogP contribution in [0.5, 0.6) is 0 Å². The molecule has 1 aliphatic heterocycles. The Kier molecular flexibility index (Phi) is 7.69. The number of morpholine rings is 1. The maximum Gasteiger partial charge on any atom is 0.238 e. The molecule has 1 fully saturated rings. The maximum absolute atomic E-state index is 12.3. The van der Waals surface area contributed by atoms with E-state index < -0.39 is 0 Å². The topological polar surface area (TPSA) is 68.6 Å². The van der Waals surface area contributed by atoms with Crippen molar-refractivity contribution in [3.05, 3.63) is 29.8 Å². The van der Waals surface area contributed by atoms with Gasteiger partial charge in [-0.3, -0.25) is 14.6 Å². The van der Waals surface area contributed by atoms with Crippen molar-refractivity contribution in [1.29, 1.82) is 5.26 Å². The second-order valence-corrected chi connectivity index (χ2v) is 6.06. The number of hydrogen-bond acceptors (Lipinski definition) is 5. The number of aryl methyl sites for hydroxylation is 1. The van der Waals surface area contributed by atoms with E-state index in [0.29, 0.717) is 19.5 Å². The molecule has 130 valence electrons. The number of carbonyl (C=O) groups excluding carboxylic acids is 1. The van der Waals surface area contributed by atoms with Crippen molar-refractivity contribution in [2.24, 2.45) is 0 Å². The Morgan fingerprint density at radius 3 is 2.88 bits per heavy atom. The Labute approximate surface area is 144 Å². The van der Waals surface area contributed by atoms with E-state index in [2.05, 4.69) is 16.3 Å². The van der Waals surface area contributed by atoms with Crippen LogP contribution in [0, 0.1) is 18.3 Å². The number of benzene rings is 1. The molecule has 2 rings (SSSR count). The van der Waals surface area contributed by atoms with Gasteiger partial charge >= 0.3 is 0 Å². The van der Waals surface area contributed by atoms with Gasteiger partial charge in [0.2, 0.25) is 5.91 Å². The lowest BCUT2D eigenvalue weighted by Gasteiger charge is -2.29.